The van der Waals surface area contributed by atoms with Crippen molar-refractivity contribution in [2.45, 2.75) is 36.9 Å². The smallest absolute Gasteiger partial charge is 0.149 e. The van der Waals surface area contributed by atoms with Crippen molar-refractivity contribution in [3.63, 3.8) is 0 Å². The second kappa shape index (κ2) is 11.6. The van der Waals surface area contributed by atoms with Gasteiger partial charge in [-0.3, -0.25) is 0 Å². The van der Waals surface area contributed by atoms with Crippen LogP contribution in [-0.4, -0.2) is 71.8 Å². The number of hydrogen-bond acceptors (Lipinski definition) is 7. The molecular formula is C24H27ClO7. The third-order valence-electron chi connectivity index (χ3n) is 5.26. The van der Waals surface area contributed by atoms with Gasteiger partial charge in [-0.05, 0) is 41.3 Å². The molecule has 3 rings (SSSR count). The molecule has 0 saturated carbocycles. The van der Waals surface area contributed by atoms with Gasteiger partial charge in [0.2, 0.25) is 0 Å². The second-order valence-corrected chi connectivity index (χ2v) is 7.90. The van der Waals surface area contributed by atoms with Crippen molar-refractivity contribution in [2.24, 2.45) is 0 Å². The Hall–Kier alpha value is -2.15. The van der Waals surface area contributed by atoms with E-state index in [-0.39, 0.29) is 6.61 Å². The standard InChI is InChI=1S/C24H27ClO7/c1-30-10-2-3-11-31-18-7-4-15(5-8-18)12-17-13-16(6-9-19(17)25)24-23(29)22(28)21(27)20(14-26)32-24/h4-9,13,20-24,26-29H,10-12,14H2,1H3/t20-,21-,22+,23-,24-/m1/s1. The molecule has 2 aromatic carbocycles. The predicted molar refractivity (Wildman–Crippen MR) is 119 cm³/mol. The number of hydrogen-bond donors (Lipinski definition) is 4. The molecule has 2 aromatic rings. The van der Waals surface area contributed by atoms with Crippen LogP contribution in [0.15, 0.2) is 42.5 Å². The Morgan fingerprint density at radius 3 is 2.38 bits per heavy atom. The number of methoxy groups -OCH3 is 1. The van der Waals surface area contributed by atoms with Crippen LogP contribution >= 0.6 is 11.6 Å². The molecule has 5 atom stereocenters. The molecule has 0 aliphatic carbocycles. The Morgan fingerprint density at radius 1 is 0.969 bits per heavy atom. The van der Waals surface area contributed by atoms with E-state index >= 15 is 0 Å². The molecule has 0 bridgehead atoms. The van der Waals surface area contributed by atoms with Crippen molar-refractivity contribution in [1.82, 2.24) is 0 Å². The third kappa shape index (κ3) is 6.00. The monoisotopic (exact) mass is 462 g/mol. The van der Waals surface area contributed by atoms with Crippen LogP contribution in [0.1, 0.15) is 22.8 Å². The Balaban J connectivity index is 1.70. The first-order chi connectivity index (χ1) is 15.4. The summed E-state index contributed by atoms with van der Waals surface area (Å²) in [4.78, 5) is 0. The molecular weight excluding hydrogens is 436 g/mol. The van der Waals surface area contributed by atoms with Crippen LogP contribution in [0.4, 0.5) is 0 Å². The van der Waals surface area contributed by atoms with Crippen LogP contribution in [-0.2, 0) is 15.9 Å². The first kappa shape index (κ1) is 24.5. The lowest BCUT2D eigenvalue weighted by atomic mass is 9.90. The van der Waals surface area contributed by atoms with Crippen molar-refractivity contribution in [3.05, 3.63) is 64.2 Å². The lowest BCUT2D eigenvalue weighted by Crippen LogP contribution is -2.55. The first-order valence-corrected chi connectivity index (χ1v) is 10.6. The number of halogens is 1. The zero-order valence-electron chi connectivity index (χ0n) is 17.6. The van der Waals surface area contributed by atoms with Crippen molar-refractivity contribution < 1.29 is 34.6 Å². The van der Waals surface area contributed by atoms with Crippen LogP contribution in [0.2, 0.25) is 5.02 Å². The fourth-order valence-electron chi connectivity index (χ4n) is 3.50. The van der Waals surface area contributed by atoms with E-state index in [4.69, 9.17) is 25.8 Å². The first-order valence-electron chi connectivity index (χ1n) is 10.2. The van der Waals surface area contributed by atoms with Crippen molar-refractivity contribution in [1.29, 1.82) is 0 Å². The molecule has 0 spiro atoms. The minimum absolute atomic E-state index is 0.273. The molecule has 0 unspecified atom stereocenters. The lowest BCUT2D eigenvalue weighted by molar-refractivity contribution is -0.231. The average molecular weight is 463 g/mol. The van der Waals surface area contributed by atoms with Gasteiger partial charge >= 0.3 is 0 Å². The van der Waals surface area contributed by atoms with E-state index < -0.39 is 37.1 Å². The fraction of sp³-hybridized carbons (Fsp3) is 0.417. The van der Waals surface area contributed by atoms with Gasteiger partial charge in [-0.15, -0.1) is 0 Å². The highest BCUT2D eigenvalue weighted by Crippen LogP contribution is 2.34. The van der Waals surface area contributed by atoms with Crippen molar-refractivity contribution >= 4 is 11.6 Å². The number of aliphatic hydroxyl groups is 4. The average Bonchev–Trinajstić information content (AvgIpc) is 2.80. The van der Waals surface area contributed by atoms with E-state index in [9.17, 15) is 20.4 Å². The number of rotatable bonds is 7. The van der Waals surface area contributed by atoms with Gasteiger partial charge in [-0.2, -0.15) is 0 Å². The van der Waals surface area contributed by atoms with Gasteiger partial charge in [0.15, 0.2) is 0 Å². The Labute approximate surface area is 192 Å². The highest BCUT2D eigenvalue weighted by atomic mass is 35.5. The van der Waals surface area contributed by atoms with Gasteiger partial charge in [0.25, 0.3) is 0 Å². The summed E-state index contributed by atoms with van der Waals surface area (Å²) in [5.74, 6) is 6.37. The zero-order valence-corrected chi connectivity index (χ0v) is 18.4. The highest BCUT2D eigenvalue weighted by molar-refractivity contribution is 6.31. The van der Waals surface area contributed by atoms with Gasteiger partial charge in [0.05, 0.1) is 6.61 Å². The Bertz CT molecular complexity index is 936. The lowest BCUT2D eigenvalue weighted by Gasteiger charge is -2.40. The second-order valence-electron chi connectivity index (χ2n) is 7.50. The van der Waals surface area contributed by atoms with Crippen molar-refractivity contribution in [2.75, 3.05) is 26.9 Å². The van der Waals surface area contributed by atoms with Gasteiger partial charge in [0.1, 0.15) is 49.5 Å². The van der Waals surface area contributed by atoms with E-state index in [0.29, 0.717) is 29.4 Å². The highest BCUT2D eigenvalue weighted by Gasteiger charge is 2.44. The maximum atomic E-state index is 10.4. The fourth-order valence-corrected chi connectivity index (χ4v) is 3.69. The van der Waals surface area contributed by atoms with Gasteiger partial charge in [-0.1, -0.05) is 47.7 Å². The summed E-state index contributed by atoms with van der Waals surface area (Å²) in [6.45, 7) is 0.162. The molecule has 1 aliphatic heterocycles. The van der Waals surface area contributed by atoms with Crippen LogP contribution in [0.3, 0.4) is 0 Å². The number of aliphatic hydroxyl groups excluding tert-OH is 4. The molecule has 0 aromatic heterocycles. The quantitative estimate of drug-likeness (QED) is 0.461. The molecule has 7 nitrogen and oxygen atoms in total. The molecule has 172 valence electrons. The molecule has 8 heteroatoms. The number of ether oxygens (including phenoxy) is 3. The zero-order chi connectivity index (χ0) is 23.1. The summed E-state index contributed by atoms with van der Waals surface area (Å²) in [7, 11) is 1.58. The summed E-state index contributed by atoms with van der Waals surface area (Å²) in [6, 6.07) is 12.7. The maximum absolute atomic E-state index is 10.4. The van der Waals surface area contributed by atoms with Gasteiger partial charge < -0.3 is 34.6 Å². The van der Waals surface area contributed by atoms with E-state index in [1.807, 2.05) is 24.3 Å². The Morgan fingerprint density at radius 2 is 1.69 bits per heavy atom. The summed E-state index contributed by atoms with van der Waals surface area (Å²) in [5, 5.41) is 40.4. The molecule has 1 saturated heterocycles. The molecule has 1 heterocycles. The van der Waals surface area contributed by atoms with E-state index in [0.717, 1.165) is 11.1 Å². The molecule has 1 aliphatic rings. The van der Waals surface area contributed by atoms with Crippen LogP contribution < -0.4 is 4.74 Å². The van der Waals surface area contributed by atoms with Gasteiger partial charge in [-0.25, -0.2) is 0 Å². The van der Waals surface area contributed by atoms with E-state index in [1.165, 1.54) is 0 Å². The predicted octanol–water partition coefficient (Wildman–Crippen LogP) is 1.47. The van der Waals surface area contributed by atoms with Crippen LogP contribution in [0.25, 0.3) is 0 Å². The van der Waals surface area contributed by atoms with Gasteiger partial charge in [0, 0.05) is 12.1 Å². The summed E-state index contributed by atoms with van der Waals surface area (Å²) >= 11 is 6.39. The van der Waals surface area contributed by atoms with Crippen molar-refractivity contribution in [3.8, 4) is 17.6 Å². The molecule has 32 heavy (non-hydrogen) atoms. The normalized spacial score (nSPS) is 25.1. The largest absolute Gasteiger partial charge is 0.481 e. The summed E-state index contributed by atoms with van der Waals surface area (Å²) < 4.78 is 16.1. The minimum Gasteiger partial charge on any atom is -0.481 e. The summed E-state index contributed by atoms with van der Waals surface area (Å²) in [5.41, 5.74) is 2.40. The van der Waals surface area contributed by atoms with Crippen LogP contribution in [0.5, 0.6) is 5.75 Å². The molecule has 0 radical (unpaired) electrons. The SMILES string of the molecule is COCC#CCOc1ccc(Cc2cc([C@H]3O[C@H](CO)[C@@H](O)[C@H](O)[C@H]3O)ccc2Cl)cc1. The number of benzene rings is 2. The third-order valence-corrected chi connectivity index (χ3v) is 5.63. The molecule has 0 amide bonds. The molecule has 1 fully saturated rings. The van der Waals surface area contributed by atoms with E-state index in [2.05, 4.69) is 11.8 Å². The maximum Gasteiger partial charge on any atom is 0.149 e. The topological polar surface area (TPSA) is 109 Å². The molecule has 4 N–H and O–H groups in total. The summed E-state index contributed by atoms with van der Waals surface area (Å²) in [6.07, 6.45) is -5.52. The van der Waals surface area contributed by atoms with E-state index in [1.54, 1.807) is 25.3 Å². The Kier molecular flexibility index (Phi) is 8.91. The van der Waals surface area contributed by atoms with Crippen LogP contribution in [0, 0.1) is 11.8 Å². The minimum atomic E-state index is -1.43.